The van der Waals surface area contributed by atoms with Crippen molar-refractivity contribution in [2.45, 2.75) is 33.1 Å². The summed E-state index contributed by atoms with van der Waals surface area (Å²) >= 11 is 0. The van der Waals surface area contributed by atoms with E-state index in [0.717, 1.165) is 45.0 Å². The van der Waals surface area contributed by atoms with E-state index in [-0.39, 0.29) is 24.6 Å². The predicted molar refractivity (Wildman–Crippen MR) is 165 cm³/mol. The van der Waals surface area contributed by atoms with Crippen molar-refractivity contribution in [3.63, 3.8) is 0 Å². The Morgan fingerprint density at radius 3 is 1.81 bits per heavy atom. The molecule has 0 aliphatic heterocycles. The minimum atomic E-state index is -4.51. The molecule has 0 aliphatic rings. The van der Waals surface area contributed by atoms with Gasteiger partial charge < -0.3 is 20.8 Å². The van der Waals surface area contributed by atoms with E-state index in [4.69, 9.17) is 10.2 Å². The summed E-state index contributed by atoms with van der Waals surface area (Å²) in [5, 5.41) is 24.1. The van der Waals surface area contributed by atoms with Crippen LogP contribution in [-0.2, 0) is 19.3 Å². The van der Waals surface area contributed by atoms with Crippen molar-refractivity contribution in [3.8, 4) is 22.3 Å². The quantitative estimate of drug-likeness (QED) is 0.0803. The summed E-state index contributed by atoms with van der Waals surface area (Å²) in [5.74, 6) is -0.339. The van der Waals surface area contributed by atoms with Crippen LogP contribution in [0.25, 0.3) is 34.4 Å². The number of nitrogens with one attached hydrogen (secondary N) is 2. The Kier molecular flexibility index (Phi) is 10.9. The molecule has 0 aromatic heterocycles. The van der Waals surface area contributed by atoms with Gasteiger partial charge in [-0.3, -0.25) is 0 Å². The largest absolute Gasteiger partial charge is 0.416 e. The van der Waals surface area contributed by atoms with E-state index in [0.29, 0.717) is 37.3 Å². The standard InChI is InChI=1S/C35H36F4N2O2/c1-23-27(11-12-28-19-25(21-40-15-17-42)9-13-33(28)35(37,38)39)5-3-6-29(23)30-7-4-8-31(24(30)2)32-20-26(10-14-34(32)36)22-41-16-18-43/h3-14,19-20,40-43H,15-18,21-22H2,1-2H3/b12-11+. The molecular formula is C35H36F4N2O2. The van der Waals surface area contributed by atoms with Crippen LogP contribution in [0.5, 0.6) is 0 Å². The summed E-state index contributed by atoms with van der Waals surface area (Å²) in [4.78, 5) is 0. The number of alkyl halides is 3. The lowest BCUT2D eigenvalue weighted by molar-refractivity contribution is -0.137. The molecule has 226 valence electrons. The molecule has 0 aliphatic carbocycles. The molecule has 0 radical (unpaired) electrons. The topological polar surface area (TPSA) is 64.5 Å². The van der Waals surface area contributed by atoms with Crippen LogP contribution >= 0.6 is 0 Å². The zero-order valence-electron chi connectivity index (χ0n) is 24.2. The maximum atomic E-state index is 15.0. The van der Waals surface area contributed by atoms with Crippen LogP contribution in [0, 0.1) is 19.7 Å². The summed E-state index contributed by atoms with van der Waals surface area (Å²) in [6, 6.07) is 20.4. The molecule has 0 bridgehead atoms. The van der Waals surface area contributed by atoms with E-state index in [9.17, 15) is 13.2 Å². The van der Waals surface area contributed by atoms with Crippen LogP contribution in [0.2, 0.25) is 0 Å². The second-order valence-corrected chi connectivity index (χ2v) is 10.4. The van der Waals surface area contributed by atoms with Crippen molar-refractivity contribution in [1.29, 1.82) is 0 Å². The Morgan fingerprint density at radius 2 is 1.19 bits per heavy atom. The highest BCUT2D eigenvalue weighted by atomic mass is 19.4. The summed E-state index contributed by atoms with van der Waals surface area (Å²) < 4.78 is 56.5. The Hall–Kier alpha value is -3.82. The monoisotopic (exact) mass is 592 g/mol. The Balaban J connectivity index is 1.70. The van der Waals surface area contributed by atoms with Gasteiger partial charge in [-0.1, -0.05) is 60.7 Å². The third-order valence-corrected chi connectivity index (χ3v) is 7.42. The number of aliphatic hydroxyl groups is 2. The molecular weight excluding hydrogens is 556 g/mol. The second-order valence-electron chi connectivity index (χ2n) is 10.4. The van der Waals surface area contributed by atoms with Gasteiger partial charge in [0.1, 0.15) is 5.82 Å². The lowest BCUT2D eigenvalue weighted by Crippen LogP contribution is -2.18. The number of hydrogen-bond acceptors (Lipinski definition) is 4. The van der Waals surface area contributed by atoms with Gasteiger partial charge in [-0.2, -0.15) is 13.2 Å². The van der Waals surface area contributed by atoms with Crippen molar-refractivity contribution in [1.82, 2.24) is 10.6 Å². The van der Waals surface area contributed by atoms with Gasteiger partial charge in [0.05, 0.1) is 18.8 Å². The Morgan fingerprint density at radius 1 is 0.651 bits per heavy atom. The van der Waals surface area contributed by atoms with E-state index >= 15 is 4.39 Å². The van der Waals surface area contributed by atoms with Crippen LogP contribution in [0.3, 0.4) is 0 Å². The van der Waals surface area contributed by atoms with Crippen LogP contribution in [0.15, 0.2) is 72.8 Å². The van der Waals surface area contributed by atoms with Crippen LogP contribution < -0.4 is 10.6 Å². The maximum absolute atomic E-state index is 15.0. The Bertz CT molecular complexity index is 1580. The average Bonchev–Trinajstić information content (AvgIpc) is 2.98. The van der Waals surface area contributed by atoms with E-state index in [1.165, 1.54) is 24.3 Å². The average molecular weight is 593 g/mol. The second kappa shape index (κ2) is 14.6. The summed E-state index contributed by atoms with van der Waals surface area (Å²) in [6.45, 7) is 5.44. The molecule has 4 aromatic rings. The smallest absolute Gasteiger partial charge is 0.395 e. The number of benzene rings is 4. The maximum Gasteiger partial charge on any atom is 0.416 e. The first kappa shape index (κ1) is 32.1. The van der Waals surface area contributed by atoms with Crippen molar-refractivity contribution < 1.29 is 27.8 Å². The Labute approximate surface area is 249 Å². The molecule has 4 aromatic carbocycles. The molecule has 4 rings (SSSR count). The summed E-state index contributed by atoms with van der Waals surface area (Å²) in [5.41, 5.74) is 6.48. The zero-order valence-corrected chi connectivity index (χ0v) is 24.2. The van der Waals surface area contributed by atoms with Gasteiger partial charge in [0, 0.05) is 31.7 Å². The van der Waals surface area contributed by atoms with E-state index in [1.54, 1.807) is 12.1 Å². The molecule has 4 nitrogen and oxygen atoms in total. The first-order valence-corrected chi connectivity index (χ1v) is 14.1. The highest BCUT2D eigenvalue weighted by molar-refractivity contribution is 5.83. The fraction of sp³-hybridized carbons (Fsp3) is 0.257. The SMILES string of the molecule is Cc1c(/C=C/c2cc(CNCCO)ccc2C(F)(F)F)cccc1-c1cccc(-c2cc(CNCCO)ccc2F)c1C. The molecule has 0 fully saturated rings. The van der Waals surface area contributed by atoms with E-state index in [2.05, 4.69) is 10.6 Å². The van der Waals surface area contributed by atoms with Gasteiger partial charge in [0.25, 0.3) is 0 Å². The van der Waals surface area contributed by atoms with E-state index in [1.807, 2.05) is 56.3 Å². The van der Waals surface area contributed by atoms with E-state index < -0.39 is 11.7 Å². The van der Waals surface area contributed by atoms with Crippen LogP contribution in [-0.4, -0.2) is 36.5 Å². The molecule has 0 spiro atoms. The fourth-order valence-electron chi connectivity index (χ4n) is 5.16. The highest BCUT2D eigenvalue weighted by Crippen LogP contribution is 2.37. The van der Waals surface area contributed by atoms with Crippen molar-refractivity contribution in [3.05, 3.63) is 118 Å². The number of halogens is 4. The molecule has 0 unspecified atom stereocenters. The number of rotatable bonds is 12. The first-order chi connectivity index (χ1) is 20.6. The lowest BCUT2D eigenvalue weighted by Gasteiger charge is -2.16. The third kappa shape index (κ3) is 7.97. The lowest BCUT2D eigenvalue weighted by atomic mass is 9.88. The number of aliphatic hydroxyl groups excluding tert-OH is 2. The van der Waals surface area contributed by atoms with Crippen LogP contribution in [0.1, 0.15) is 38.9 Å². The molecule has 4 N–H and O–H groups in total. The minimum absolute atomic E-state index is 0.0155. The minimum Gasteiger partial charge on any atom is -0.395 e. The van der Waals surface area contributed by atoms with Gasteiger partial charge in [0.2, 0.25) is 0 Å². The normalized spacial score (nSPS) is 11.9. The molecule has 0 amide bonds. The molecule has 0 heterocycles. The fourth-order valence-corrected chi connectivity index (χ4v) is 5.16. The summed E-state index contributed by atoms with van der Waals surface area (Å²) in [7, 11) is 0. The first-order valence-electron chi connectivity index (χ1n) is 14.1. The zero-order chi connectivity index (χ0) is 31.0. The van der Waals surface area contributed by atoms with Gasteiger partial charge in [-0.15, -0.1) is 0 Å². The summed E-state index contributed by atoms with van der Waals surface area (Å²) in [6.07, 6.45) is -1.33. The van der Waals surface area contributed by atoms with Crippen LogP contribution in [0.4, 0.5) is 17.6 Å². The van der Waals surface area contributed by atoms with Gasteiger partial charge in [-0.25, -0.2) is 4.39 Å². The van der Waals surface area contributed by atoms with Crippen molar-refractivity contribution in [2.75, 3.05) is 26.3 Å². The van der Waals surface area contributed by atoms with Gasteiger partial charge in [0.15, 0.2) is 0 Å². The van der Waals surface area contributed by atoms with Crippen molar-refractivity contribution >= 4 is 12.2 Å². The van der Waals surface area contributed by atoms with Gasteiger partial charge in [-0.05, 0) is 88.2 Å². The third-order valence-electron chi connectivity index (χ3n) is 7.42. The predicted octanol–water partition coefficient (Wildman–Crippen LogP) is 7.13. The van der Waals surface area contributed by atoms with Gasteiger partial charge >= 0.3 is 6.18 Å². The number of hydrogen-bond donors (Lipinski definition) is 4. The highest BCUT2D eigenvalue weighted by Gasteiger charge is 2.32. The molecule has 0 saturated carbocycles. The van der Waals surface area contributed by atoms with Crippen molar-refractivity contribution in [2.24, 2.45) is 0 Å². The molecule has 0 saturated heterocycles. The molecule has 8 heteroatoms. The molecule has 0 atom stereocenters. The molecule has 43 heavy (non-hydrogen) atoms.